The minimum atomic E-state index is -0.568. The molecule has 3 aromatic rings. The maximum Gasteiger partial charge on any atom is 0.294 e. The number of carbonyl (C=O) groups is 3. The van der Waals surface area contributed by atoms with Crippen LogP contribution in [0.3, 0.4) is 0 Å². The van der Waals surface area contributed by atoms with Crippen LogP contribution in [0.1, 0.15) is 11.1 Å². The van der Waals surface area contributed by atoms with Gasteiger partial charge in [-0.1, -0.05) is 41.9 Å². The molecule has 1 saturated heterocycles. The number of carbonyl (C=O) groups excluding carboxylic acids is 3. The van der Waals surface area contributed by atoms with Gasteiger partial charge in [0.05, 0.1) is 9.93 Å². The molecule has 0 aliphatic carbocycles. The molecule has 1 heterocycles. The molecule has 178 valence electrons. The van der Waals surface area contributed by atoms with E-state index in [0.29, 0.717) is 32.1 Å². The number of halogens is 3. The van der Waals surface area contributed by atoms with Gasteiger partial charge in [-0.25, -0.2) is 4.39 Å². The van der Waals surface area contributed by atoms with Gasteiger partial charge in [0.2, 0.25) is 5.91 Å². The maximum absolute atomic E-state index is 13.8. The average molecular weight is 576 g/mol. The Morgan fingerprint density at radius 1 is 1.11 bits per heavy atom. The second kappa shape index (κ2) is 11.1. The van der Waals surface area contributed by atoms with Crippen molar-refractivity contribution in [3.8, 4) is 5.75 Å². The molecule has 1 N–H and O–H groups in total. The molecular weight excluding hydrogens is 559 g/mol. The molecule has 1 aliphatic heterocycles. The number of anilines is 1. The van der Waals surface area contributed by atoms with E-state index in [1.807, 2.05) is 0 Å². The summed E-state index contributed by atoms with van der Waals surface area (Å²) in [6, 6.07) is 18.1. The van der Waals surface area contributed by atoms with Crippen LogP contribution in [0.2, 0.25) is 5.02 Å². The molecule has 3 aromatic carbocycles. The number of nitrogens with zero attached hydrogens (tertiary/aromatic N) is 1. The van der Waals surface area contributed by atoms with Gasteiger partial charge in [-0.3, -0.25) is 19.3 Å². The Bertz CT molecular complexity index is 1350. The van der Waals surface area contributed by atoms with Gasteiger partial charge in [0.25, 0.3) is 11.1 Å². The van der Waals surface area contributed by atoms with Crippen molar-refractivity contribution in [1.82, 2.24) is 4.90 Å². The Morgan fingerprint density at radius 2 is 1.91 bits per heavy atom. The van der Waals surface area contributed by atoms with Gasteiger partial charge in [0.1, 0.15) is 24.7 Å². The third-order valence-electron chi connectivity index (χ3n) is 4.89. The Balaban J connectivity index is 1.40. The zero-order valence-corrected chi connectivity index (χ0v) is 21.1. The van der Waals surface area contributed by atoms with Gasteiger partial charge in [-0.15, -0.1) is 0 Å². The smallest absolute Gasteiger partial charge is 0.294 e. The molecule has 0 atom stereocenters. The lowest BCUT2D eigenvalue weighted by molar-refractivity contribution is -0.127. The molecule has 0 saturated carbocycles. The van der Waals surface area contributed by atoms with Crippen LogP contribution in [0.15, 0.2) is 76.1 Å². The summed E-state index contributed by atoms with van der Waals surface area (Å²) in [7, 11) is 0. The van der Waals surface area contributed by atoms with Gasteiger partial charge in [-0.05, 0) is 75.7 Å². The molecule has 4 rings (SSSR count). The molecule has 0 aromatic heterocycles. The molecule has 0 spiro atoms. The summed E-state index contributed by atoms with van der Waals surface area (Å²) in [6.45, 7) is -0.382. The van der Waals surface area contributed by atoms with E-state index >= 15 is 0 Å². The fourth-order valence-electron chi connectivity index (χ4n) is 3.18. The summed E-state index contributed by atoms with van der Waals surface area (Å²) in [4.78, 5) is 38.6. The highest BCUT2D eigenvalue weighted by Gasteiger charge is 2.36. The highest BCUT2D eigenvalue weighted by atomic mass is 79.9. The molecule has 0 bridgehead atoms. The second-order valence-electron chi connectivity index (χ2n) is 7.40. The van der Waals surface area contributed by atoms with Crippen LogP contribution in [0.5, 0.6) is 5.75 Å². The number of nitrogens with one attached hydrogen (secondary N) is 1. The Hall–Kier alpha value is -3.14. The van der Waals surface area contributed by atoms with Crippen molar-refractivity contribution < 1.29 is 23.5 Å². The van der Waals surface area contributed by atoms with Crippen molar-refractivity contribution in [2.24, 2.45) is 0 Å². The number of ether oxygens (including phenoxy) is 1. The predicted molar refractivity (Wildman–Crippen MR) is 138 cm³/mol. The number of hydrogen-bond acceptors (Lipinski definition) is 5. The van der Waals surface area contributed by atoms with Gasteiger partial charge in [0, 0.05) is 15.7 Å². The normalized spacial score (nSPS) is 14.5. The second-order valence-corrected chi connectivity index (χ2v) is 9.65. The SMILES string of the molecule is O=C(CN1C(=O)S/C(=C/c2cccc(OCc3ccccc3F)c2)C1=O)Nc1ccc(Br)c(Cl)c1. The monoisotopic (exact) mass is 574 g/mol. The molecule has 10 heteroatoms. The van der Waals surface area contributed by atoms with Crippen molar-refractivity contribution in [2.75, 3.05) is 11.9 Å². The summed E-state index contributed by atoms with van der Waals surface area (Å²) in [6.07, 6.45) is 1.55. The molecule has 0 radical (unpaired) electrons. The predicted octanol–water partition coefficient (Wildman–Crippen LogP) is 6.50. The maximum atomic E-state index is 13.8. The molecule has 0 unspecified atom stereocenters. The first-order valence-electron chi connectivity index (χ1n) is 10.3. The van der Waals surface area contributed by atoms with Crippen molar-refractivity contribution in [3.63, 3.8) is 0 Å². The summed E-state index contributed by atoms with van der Waals surface area (Å²) >= 11 is 10.0. The van der Waals surface area contributed by atoms with E-state index in [1.165, 1.54) is 6.07 Å². The number of imide groups is 1. The number of thioether (sulfide) groups is 1. The number of amides is 3. The molecule has 35 heavy (non-hydrogen) atoms. The Kier molecular flexibility index (Phi) is 7.90. The zero-order chi connectivity index (χ0) is 24.9. The minimum Gasteiger partial charge on any atom is -0.489 e. The average Bonchev–Trinajstić information content (AvgIpc) is 3.08. The van der Waals surface area contributed by atoms with Crippen LogP contribution in [0.4, 0.5) is 14.9 Å². The number of hydrogen-bond donors (Lipinski definition) is 1. The van der Waals surface area contributed by atoms with E-state index in [4.69, 9.17) is 16.3 Å². The van der Waals surface area contributed by atoms with E-state index in [0.717, 1.165) is 16.7 Å². The molecule has 6 nitrogen and oxygen atoms in total. The first-order chi connectivity index (χ1) is 16.8. The zero-order valence-electron chi connectivity index (χ0n) is 18.0. The van der Waals surface area contributed by atoms with Gasteiger partial charge < -0.3 is 10.1 Å². The van der Waals surface area contributed by atoms with E-state index in [-0.39, 0.29) is 17.3 Å². The molecule has 3 amide bonds. The van der Waals surface area contributed by atoms with E-state index in [1.54, 1.807) is 66.7 Å². The van der Waals surface area contributed by atoms with Crippen molar-refractivity contribution in [1.29, 1.82) is 0 Å². The Morgan fingerprint density at radius 3 is 2.69 bits per heavy atom. The van der Waals surface area contributed by atoms with E-state index in [9.17, 15) is 18.8 Å². The third kappa shape index (κ3) is 6.30. The number of rotatable bonds is 7. The summed E-state index contributed by atoms with van der Waals surface area (Å²) in [5, 5.41) is 2.49. The van der Waals surface area contributed by atoms with Gasteiger partial charge in [0.15, 0.2) is 0 Å². The lowest BCUT2D eigenvalue weighted by Gasteiger charge is -2.12. The van der Waals surface area contributed by atoms with Crippen LogP contribution < -0.4 is 10.1 Å². The number of benzene rings is 3. The quantitative estimate of drug-likeness (QED) is 0.326. The largest absolute Gasteiger partial charge is 0.489 e. The highest BCUT2D eigenvalue weighted by molar-refractivity contribution is 9.10. The molecule has 1 aliphatic rings. The summed E-state index contributed by atoms with van der Waals surface area (Å²) < 4.78 is 20.1. The van der Waals surface area contributed by atoms with Crippen LogP contribution >= 0.6 is 39.3 Å². The fraction of sp³-hybridized carbons (Fsp3) is 0.0800. The lowest BCUT2D eigenvalue weighted by Crippen LogP contribution is -2.36. The minimum absolute atomic E-state index is 0.0470. The Labute approximate surface area is 218 Å². The summed E-state index contributed by atoms with van der Waals surface area (Å²) in [5.74, 6) is -0.976. The fourth-order valence-corrected chi connectivity index (χ4v) is 4.44. The molecular formula is C25H17BrClFN2O4S. The summed E-state index contributed by atoms with van der Waals surface area (Å²) in [5.41, 5.74) is 1.48. The van der Waals surface area contributed by atoms with Gasteiger partial charge in [-0.2, -0.15) is 0 Å². The van der Waals surface area contributed by atoms with Crippen molar-refractivity contribution in [3.05, 3.63) is 98.1 Å². The van der Waals surface area contributed by atoms with Crippen molar-refractivity contribution >= 4 is 68.1 Å². The lowest BCUT2D eigenvalue weighted by atomic mass is 10.2. The van der Waals surface area contributed by atoms with E-state index in [2.05, 4.69) is 21.2 Å². The van der Waals surface area contributed by atoms with Crippen LogP contribution in [-0.4, -0.2) is 28.5 Å². The third-order valence-corrected chi connectivity index (χ3v) is 7.03. The van der Waals surface area contributed by atoms with Crippen LogP contribution in [-0.2, 0) is 16.2 Å². The first kappa shape index (κ1) is 25.0. The molecule has 1 fully saturated rings. The van der Waals surface area contributed by atoms with Gasteiger partial charge >= 0.3 is 0 Å². The van der Waals surface area contributed by atoms with Crippen molar-refractivity contribution in [2.45, 2.75) is 6.61 Å². The highest BCUT2D eigenvalue weighted by Crippen LogP contribution is 2.33. The first-order valence-corrected chi connectivity index (χ1v) is 12.3. The van der Waals surface area contributed by atoms with E-state index < -0.39 is 23.6 Å². The standard InChI is InChI=1S/C25H17BrClFN2O4S/c26-19-9-8-17(12-20(19)27)29-23(31)13-30-24(32)22(35-25(30)33)11-15-4-3-6-18(10-15)34-14-16-5-1-2-7-21(16)28/h1-12H,13-14H2,(H,29,31)/b22-11+. The van der Waals surface area contributed by atoms with Crippen LogP contribution in [0.25, 0.3) is 6.08 Å². The topological polar surface area (TPSA) is 75.7 Å². The van der Waals surface area contributed by atoms with Crippen LogP contribution in [0, 0.1) is 5.82 Å².